The number of nitrogen functional groups attached to an aromatic ring is 1. The van der Waals surface area contributed by atoms with Crippen LogP contribution in [0.2, 0.25) is 0 Å². The molecule has 0 aliphatic rings. The van der Waals surface area contributed by atoms with Crippen molar-refractivity contribution < 1.29 is 4.79 Å². The lowest BCUT2D eigenvalue weighted by atomic mass is 9.95. The number of benzene rings is 1. The van der Waals surface area contributed by atoms with E-state index in [1.54, 1.807) is 0 Å². The Hall–Kier alpha value is -1.88. The van der Waals surface area contributed by atoms with Gasteiger partial charge >= 0.3 is 0 Å². The summed E-state index contributed by atoms with van der Waals surface area (Å²) in [7, 11) is 0. The molecule has 0 atom stereocenters. The highest BCUT2D eigenvalue weighted by Crippen LogP contribution is 2.15. The molecular weight excluding hydrogens is 282 g/mol. The standard InChI is InChI=1S/C16H21N3OS/c1-16(2,9-8-12-6-4-3-5-7-12)19-14(20)10-13-11-21-15(17)18-13/h3-7,11H,8-10H2,1-2H3,(H2,17,18)(H,19,20). The van der Waals surface area contributed by atoms with E-state index in [4.69, 9.17) is 5.73 Å². The molecule has 1 aromatic heterocycles. The van der Waals surface area contributed by atoms with Crippen LogP contribution in [0.5, 0.6) is 0 Å². The second-order valence-electron chi connectivity index (χ2n) is 5.77. The first-order chi connectivity index (χ1) is 9.94. The van der Waals surface area contributed by atoms with E-state index in [-0.39, 0.29) is 17.9 Å². The van der Waals surface area contributed by atoms with Crippen LogP contribution < -0.4 is 11.1 Å². The summed E-state index contributed by atoms with van der Waals surface area (Å²) in [5.41, 5.74) is 7.34. The second-order valence-corrected chi connectivity index (χ2v) is 6.66. The molecule has 2 aromatic rings. The zero-order chi connectivity index (χ0) is 15.3. The van der Waals surface area contributed by atoms with Gasteiger partial charge < -0.3 is 11.1 Å². The van der Waals surface area contributed by atoms with E-state index in [9.17, 15) is 4.79 Å². The van der Waals surface area contributed by atoms with Gasteiger partial charge in [0, 0.05) is 10.9 Å². The maximum absolute atomic E-state index is 12.1. The number of thiazole rings is 1. The first-order valence-corrected chi connectivity index (χ1v) is 7.87. The minimum Gasteiger partial charge on any atom is -0.375 e. The fourth-order valence-electron chi connectivity index (χ4n) is 2.15. The Bertz CT molecular complexity index is 593. The number of aryl methyl sites for hydroxylation is 1. The predicted octanol–water partition coefficient (Wildman–Crippen LogP) is 2.80. The molecule has 1 aromatic carbocycles. The van der Waals surface area contributed by atoms with Crippen molar-refractivity contribution in [1.29, 1.82) is 0 Å². The van der Waals surface area contributed by atoms with Gasteiger partial charge in [-0.3, -0.25) is 4.79 Å². The smallest absolute Gasteiger partial charge is 0.226 e. The summed E-state index contributed by atoms with van der Waals surface area (Å²) in [6.07, 6.45) is 2.11. The number of hydrogen-bond acceptors (Lipinski definition) is 4. The van der Waals surface area contributed by atoms with Crippen molar-refractivity contribution >= 4 is 22.4 Å². The topological polar surface area (TPSA) is 68.0 Å². The van der Waals surface area contributed by atoms with Gasteiger partial charge in [0.05, 0.1) is 12.1 Å². The number of nitrogens with zero attached hydrogens (tertiary/aromatic N) is 1. The Kier molecular flexibility index (Phi) is 4.96. The summed E-state index contributed by atoms with van der Waals surface area (Å²) in [6.45, 7) is 4.09. The lowest BCUT2D eigenvalue weighted by Gasteiger charge is -2.26. The third kappa shape index (κ3) is 5.19. The van der Waals surface area contributed by atoms with Crippen LogP contribution >= 0.6 is 11.3 Å². The van der Waals surface area contributed by atoms with Gasteiger partial charge in [0.1, 0.15) is 0 Å². The predicted molar refractivity (Wildman–Crippen MR) is 87.2 cm³/mol. The molecule has 0 radical (unpaired) electrons. The quantitative estimate of drug-likeness (QED) is 0.862. The molecular formula is C16H21N3OS. The fraction of sp³-hybridized carbons (Fsp3) is 0.375. The molecule has 0 unspecified atom stereocenters. The van der Waals surface area contributed by atoms with Gasteiger partial charge in [-0.25, -0.2) is 4.98 Å². The molecule has 0 bridgehead atoms. The molecule has 3 N–H and O–H groups in total. The Balaban J connectivity index is 1.83. The van der Waals surface area contributed by atoms with Gasteiger partial charge in [-0.15, -0.1) is 11.3 Å². The molecule has 1 heterocycles. The van der Waals surface area contributed by atoms with Crippen LogP contribution in [0.1, 0.15) is 31.5 Å². The second kappa shape index (κ2) is 6.72. The minimum absolute atomic E-state index is 0.0154. The molecule has 21 heavy (non-hydrogen) atoms. The molecule has 0 fully saturated rings. The summed E-state index contributed by atoms with van der Waals surface area (Å²) < 4.78 is 0. The number of anilines is 1. The Morgan fingerprint density at radius 3 is 2.67 bits per heavy atom. The van der Waals surface area contributed by atoms with Gasteiger partial charge in [0.25, 0.3) is 0 Å². The monoisotopic (exact) mass is 303 g/mol. The summed E-state index contributed by atoms with van der Waals surface area (Å²) in [6, 6.07) is 10.3. The van der Waals surface area contributed by atoms with Crippen molar-refractivity contribution in [3.05, 3.63) is 47.0 Å². The highest BCUT2D eigenvalue weighted by atomic mass is 32.1. The molecule has 5 heteroatoms. The number of hydrogen-bond donors (Lipinski definition) is 2. The van der Waals surface area contributed by atoms with Crippen molar-refractivity contribution in [2.75, 3.05) is 5.73 Å². The first kappa shape index (κ1) is 15.5. The summed E-state index contributed by atoms with van der Waals surface area (Å²) in [4.78, 5) is 16.2. The zero-order valence-corrected chi connectivity index (χ0v) is 13.2. The lowest BCUT2D eigenvalue weighted by Crippen LogP contribution is -2.44. The summed E-state index contributed by atoms with van der Waals surface area (Å²) in [5, 5.41) is 5.40. The van der Waals surface area contributed by atoms with Crippen LogP contribution in [-0.2, 0) is 17.6 Å². The maximum Gasteiger partial charge on any atom is 0.226 e. The zero-order valence-electron chi connectivity index (χ0n) is 12.4. The number of aromatic nitrogens is 1. The third-order valence-electron chi connectivity index (χ3n) is 3.27. The van der Waals surface area contributed by atoms with Gasteiger partial charge in [-0.2, -0.15) is 0 Å². The summed E-state index contributed by atoms with van der Waals surface area (Å²) in [5.74, 6) is -0.0154. The van der Waals surface area contributed by atoms with E-state index in [0.29, 0.717) is 5.13 Å². The van der Waals surface area contributed by atoms with E-state index in [1.807, 2.05) is 37.4 Å². The van der Waals surface area contributed by atoms with Crippen LogP contribution in [0.4, 0.5) is 5.13 Å². The van der Waals surface area contributed by atoms with Gasteiger partial charge in [-0.05, 0) is 32.3 Å². The first-order valence-electron chi connectivity index (χ1n) is 6.99. The van der Waals surface area contributed by atoms with Crippen molar-refractivity contribution in [2.24, 2.45) is 0 Å². The van der Waals surface area contributed by atoms with E-state index < -0.39 is 0 Å². The maximum atomic E-state index is 12.1. The highest BCUT2D eigenvalue weighted by Gasteiger charge is 2.20. The number of amides is 1. The van der Waals surface area contributed by atoms with E-state index in [2.05, 4.69) is 22.4 Å². The van der Waals surface area contributed by atoms with E-state index >= 15 is 0 Å². The third-order valence-corrected chi connectivity index (χ3v) is 3.99. The van der Waals surface area contributed by atoms with Gasteiger partial charge in [-0.1, -0.05) is 30.3 Å². The molecule has 4 nitrogen and oxygen atoms in total. The fourth-order valence-corrected chi connectivity index (χ4v) is 2.72. The molecule has 112 valence electrons. The summed E-state index contributed by atoms with van der Waals surface area (Å²) >= 11 is 1.36. The van der Waals surface area contributed by atoms with Crippen molar-refractivity contribution in [3.8, 4) is 0 Å². The number of carbonyl (C=O) groups is 1. The number of nitrogens with one attached hydrogen (secondary N) is 1. The van der Waals surface area contributed by atoms with Crippen LogP contribution in [0.3, 0.4) is 0 Å². The molecule has 0 aliphatic carbocycles. The minimum atomic E-state index is -0.242. The Morgan fingerprint density at radius 2 is 2.05 bits per heavy atom. The average molecular weight is 303 g/mol. The molecule has 0 spiro atoms. The average Bonchev–Trinajstić information content (AvgIpc) is 2.82. The van der Waals surface area contributed by atoms with Gasteiger partial charge in [0.2, 0.25) is 5.91 Å². The Labute approximate surface area is 129 Å². The van der Waals surface area contributed by atoms with E-state index in [1.165, 1.54) is 16.9 Å². The molecule has 0 saturated carbocycles. The van der Waals surface area contributed by atoms with Crippen LogP contribution in [-0.4, -0.2) is 16.4 Å². The number of rotatable bonds is 6. The van der Waals surface area contributed by atoms with Gasteiger partial charge in [0.15, 0.2) is 5.13 Å². The van der Waals surface area contributed by atoms with Crippen molar-refractivity contribution in [2.45, 2.75) is 38.6 Å². The largest absolute Gasteiger partial charge is 0.375 e. The highest BCUT2D eigenvalue weighted by molar-refractivity contribution is 7.13. The number of nitrogens with two attached hydrogens (primary N) is 1. The molecule has 1 amide bonds. The van der Waals surface area contributed by atoms with E-state index in [0.717, 1.165) is 18.5 Å². The molecule has 0 saturated heterocycles. The molecule has 2 rings (SSSR count). The van der Waals surface area contributed by atoms with Crippen LogP contribution in [0, 0.1) is 0 Å². The van der Waals surface area contributed by atoms with Crippen molar-refractivity contribution in [1.82, 2.24) is 10.3 Å². The SMILES string of the molecule is CC(C)(CCc1ccccc1)NC(=O)Cc1csc(N)n1. The normalized spacial score (nSPS) is 11.3. The van der Waals surface area contributed by atoms with Crippen molar-refractivity contribution in [3.63, 3.8) is 0 Å². The van der Waals surface area contributed by atoms with Crippen LogP contribution in [0.25, 0.3) is 0 Å². The molecule has 0 aliphatic heterocycles. The Morgan fingerprint density at radius 1 is 1.33 bits per heavy atom. The number of carbonyl (C=O) groups excluding carboxylic acids is 1. The lowest BCUT2D eigenvalue weighted by molar-refractivity contribution is -0.122. The van der Waals surface area contributed by atoms with Crippen LogP contribution in [0.15, 0.2) is 35.7 Å².